The van der Waals surface area contributed by atoms with Crippen LogP contribution in [0.4, 0.5) is 0 Å². The molecule has 2 aromatic rings. The maximum Gasteiger partial charge on any atom is 0.224 e. The molecule has 0 saturated carbocycles. The Labute approximate surface area is 117 Å². The first-order valence-electron chi connectivity index (χ1n) is 6.46. The number of hydrogen-bond acceptors (Lipinski definition) is 2. The molecule has 0 aliphatic heterocycles. The minimum absolute atomic E-state index is 0.00810. The fraction of sp³-hybridized carbons (Fsp3) is 0.400. The highest BCUT2D eigenvalue weighted by molar-refractivity contribution is 6.32. The Bertz CT molecular complexity index is 603. The standard InChI is InChI=1S/C15H18ClNO2/c1-4-10(3)17-15(18)6-11-8-19-14-5-9(2)13(16)7-12(11)14/h5,7-8,10H,4,6H2,1-3H3,(H,17,18). The van der Waals surface area contributed by atoms with Gasteiger partial charge in [0.1, 0.15) is 5.58 Å². The molecule has 0 fully saturated rings. The Balaban J connectivity index is 2.22. The van der Waals surface area contributed by atoms with Crippen LogP contribution >= 0.6 is 11.6 Å². The Hall–Kier alpha value is -1.48. The molecule has 1 amide bonds. The lowest BCUT2D eigenvalue weighted by Crippen LogP contribution is -2.33. The van der Waals surface area contributed by atoms with Crippen molar-refractivity contribution in [2.45, 2.75) is 39.7 Å². The van der Waals surface area contributed by atoms with Crippen molar-refractivity contribution in [2.24, 2.45) is 0 Å². The van der Waals surface area contributed by atoms with Crippen molar-refractivity contribution in [2.75, 3.05) is 0 Å². The van der Waals surface area contributed by atoms with Crippen molar-refractivity contribution in [3.8, 4) is 0 Å². The van der Waals surface area contributed by atoms with Gasteiger partial charge in [0.25, 0.3) is 0 Å². The van der Waals surface area contributed by atoms with Crippen molar-refractivity contribution in [3.63, 3.8) is 0 Å². The van der Waals surface area contributed by atoms with Gasteiger partial charge in [-0.1, -0.05) is 18.5 Å². The number of halogens is 1. The lowest BCUT2D eigenvalue weighted by Gasteiger charge is -2.10. The third kappa shape index (κ3) is 3.10. The summed E-state index contributed by atoms with van der Waals surface area (Å²) in [5.74, 6) is 0.00810. The first-order valence-corrected chi connectivity index (χ1v) is 6.84. The van der Waals surface area contributed by atoms with Gasteiger partial charge in [0.05, 0.1) is 12.7 Å². The third-order valence-corrected chi connectivity index (χ3v) is 3.71. The van der Waals surface area contributed by atoms with E-state index in [-0.39, 0.29) is 11.9 Å². The van der Waals surface area contributed by atoms with Gasteiger partial charge < -0.3 is 9.73 Å². The monoisotopic (exact) mass is 279 g/mol. The minimum atomic E-state index is 0.00810. The molecule has 2 rings (SSSR count). The fourth-order valence-electron chi connectivity index (χ4n) is 1.94. The van der Waals surface area contributed by atoms with Crippen molar-refractivity contribution in [1.29, 1.82) is 0 Å². The zero-order chi connectivity index (χ0) is 14.0. The summed E-state index contributed by atoms with van der Waals surface area (Å²) in [6.07, 6.45) is 2.87. The van der Waals surface area contributed by atoms with E-state index in [0.717, 1.165) is 28.5 Å². The normalized spacial score (nSPS) is 12.6. The number of carbonyl (C=O) groups excluding carboxylic acids is 1. The molecule has 1 N–H and O–H groups in total. The van der Waals surface area contributed by atoms with Crippen molar-refractivity contribution >= 4 is 28.5 Å². The molecular weight excluding hydrogens is 262 g/mol. The van der Waals surface area contributed by atoms with Crippen LogP contribution in [-0.4, -0.2) is 11.9 Å². The molecule has 1 heterocycles. The van der Waals surface area contributed by atoms with Crippen LogP contribution in [-0.2, 0) is 11.2 Å². The van der Waals surface area contributed by atoms with E-state index >= 15 is 0 Å². The average Bonchev–Trinajstić information content (AvgIpc) is 2.72. The summed E-state index contributed by atoms with van der Waals surface area (Å²) in [5, 5.41) is 4.55. The van der Waals surface area contributed by atoms with Gasteiger partial charge in [-0.25, -0.2) is 0 Å². The summed E-state index contributed by atoms with van der Waals surface area (Å²) in [4.78, 5) is 11.9. The van der Waals surface area contributed by atoms with Crippen molar-refractivity contribution in [3.05, 3.63) is 34.5 Å². The molecule has 1 atom stereocenters. The van der Waals surface area contributed by atoms with Gasteiger partial charge in [0, 0.05) is 22.0 Å². The Morgan fingerprint density at radius 3 is 2.89 bits per heavy atom. The van der Waals surface area contributed by atoms with Crippen molar-refractivity contribution in [1.82, 2.24) is 5.32 Å². The Morgan fingerprint density at radius 2 is 2.21 bits per heavy atom. The van der Waals surface area contributed by atoms with Gasteiger partial charge in [0.2, 0.25) is 5.91 Å². The van der Waals surface area contributed by atoms with E-state index < -0.39 is 0 Å². The van der Waals surface area contributed by atoms with E-state index in [4.69, 9.17) is 16.0 Å². The average molecular weight is 280 g/mol. The number of amides is 1. The smallest absolute Gasteiger partial charge is 0.224 e. The Morgan fingerprint density at radius 1 is 1.47 bits per heavy atom. The summed E-state index contributed by atoms with van der Waals surface area (Å²) >= 11 is 6.12. The number of fused-ring (bicyclic) bond motifs is 1. The summed E-state index contributed by atoms with van der Waals surface area (Å²) in [6, 6.07) is 3.95. The van der Waals surface area contributed by atoms with Gasteiger partial charge in [0.15, 0.2) is 0 Å². The predicted octanol–water partition coefficient (Wildman–Crippen LogP) is 3.85. The number of benzene rings is 1. The van der Waals surface area contributed by atoms with Crippen molar-refractivity contribution < 1.29 is 9.21 Å². The van der Waals surface area contributed by atoms with E-state index in [0.29, 0.717) is 11.4 Å². The van der Waals surface area contributed by atoms with Crippen LogP contribution in [0.5, 0.6) is 0 Å². The molecule has 0 aliphatic carbocycles. The van der Waals surface area contributed by atoms with Crippen LogP contribution in [0, 0.1) is 6.92 Å². The molecular formula is C15H18ClNO2. The van der Waals surface area contributed by atoms with Crippen LogP contribution in [0.15, 0.2) is 22.8 Å². The van der Waals surface area contributed by atoms with E-state index in [1.807, 2.05) is 32.9 Å². The van der Waals surface area contributed by atoms with E-state index in [2.05, 4.69) is 5.32 Å². The third-order valence-electron chi connectivity index (χ3n) is 3.31. The van der Waals surface area contributed by atoms with Gasteiger partial charge in [-0.3, -0.25) is 4.79 Å². The summed E-state index contributed by atoms with van der Waals surface area (Å²) in [7, 11) is 0. The second kappa shape index (κ2) is 5.66. The Kier molecular flexibility index (Phi) is 4.15. The molecule has 19 heavy (non-hydrogen) atoms. The van der Waals surface area contributed by atoms with Gasteiger partial charge in [-0.05, 0) is 38.0 Å². The maximum atomic E-state index is 11.9. The number of carbonyl (C=O) groups is 1. The summed E-state index contributed by atoms with van der Waals surface area (Å²) in [5.41, 5.74) is 2.62. The van der Waals surface area contributed by atoms with Crippen LogP contribution in [0.2, 0.25) is 5.02 Å². The number of rotatable bonds is 4. The molecule has 3 nitrogen and oxygen atoms in total. The molecule has 1 aromatic carbocycles. The first-order chi connectivity index (χ1) is 9.01. The molecule has 0 aliphatic rings. The SMILES string of the molecule is CCC(C)NC(=O)Cc1coc2cc(C)c(Cl)cc12. The highest BCUT2D eigenvalue weighted by Crippen LogP contribution is 2.27. The zero-order valence-electron chi connectivity index (χ0n) is 11.4. The number of aryl methyl sites for hydroxylation is 1. The quantitative estimate of drug-likeness (QED) is 0.924. The lowest BCUT2D eigenvalue weighted by atomic mass is 10.1. The topological polar surface area (TPSA) is 42.2 Å². The fourth-order valence-corrected chi connectivity index (χ4v) is 2.10. The summed E-state index contributed by atoms with van der Waals surface area (Å²) < 4.78 is 5.48. The summed E-state index contributed by atoms with van der Waals surface area (Å²) in [6.45, 7) is 5.96. The lowest BCUT2D eigenvalue weighted by molar-refractivity contribution is -0.121. The van der Waals surface area contributed by atoms with Crippen LogP contribution < -0.4 is 5.32 Å². The molecule has 4 heteroatoms. The first kappa shape index (κ1) is 13.9. The van der Waals surface area contributed by atoms with E-state index in [1.165, 1.54) is 0 Å². The predicted molar refractivity (Wildman–Crippen MR) is 77.6 cm³/mol. The van der Waals surface area contributed by atoms with Crippen LogP contribution in [0.1, 0.15) is 31.4 Å². The molecule has 0 radical (unpaired) electrons. The minimum Gasteiger partial charge on any atom is -0.464 e. The van der Waals surface area contributed by atoms with Crippen LogP contribution in [0.3, 0.4) is 0 Å². The van der Waals surface area contributed by atoms with Crippen LogP contribution in [0.25, 0.3) is 11.0 Å². The molecule has 0 saturated heterocycles. The largest absolute Gasteiger partial charge is 0.464 e. The van der Waals surface area contributed by atoms with Gasteiger partial charge in [-0.2, -0.15) is 0 Å². The van der Waals surface area contributed by atoms with Gasteiger partial charge >= 0.3 is 0 Å². The maximum absolute atomic E-state index is 11.9. The van der Waals surface area contributed by atoms with Gasteiger partial charge in [-0.15, -0.1) is 0 Å². The number of nitrogens with one attached hydrogen (secondary N) is 1. The molecule has 0 spiro atoms. The molecule has 1 aromatic heterocycles. The highest BCUT2D eigenvalue weighted by atomic mass is 35.5. The zero-order valence-corrected chi connectivity index (χ0v) is 12.2. The molecule has 102 valence electrons. The second-order valence-electron chi connectivity index (χ2n) is 4.91. The second-order valence-corrected chi connectivity index (χ2v) is 5.32. The molecule has 1 unspecified atom stereocenters. The highest BCUT2D eigenvalue weighted by Gasteiger charge is 2.13. The number of hydrogen-bond donors (Lipinski definition) is 1. The van der Waals surface area contributed by atoms with E-state index in [9.17, 15) is 4.79 Å². The molecule has 0 bridgehead atoms. The van der Waals surface area contributed by atoms with E-state index in [1.54, 1.807) is 6.26 Å². The number of furan rings is 1.